The number of thioether (sulfide) groups is 1. The van der Waals surface area contributed by atoms with Crippen molar-refractivity contribution in [1.82, 2.24) is 14.8 Å². The van der Waals surface area contributed by atoms with Gasteiger partial charge in [-0.3, -0.25) is 4.79 Å². The Bertz CT molecular complexity index is 836. The first kappa shape index (κ1) is 17.2. The lowest BCUT2D eigenvalue weighted by molar-refractivity contribution is -0.115. The predicted molar refractivity (Wildman–Crippen MR) is 96.3 cm³/mol. The Morgan fingerprint density at radius 3 is 2.60 bits per heavy atom. The molecule has 0 aliphatic rings. The van der Waals surface area contributed by atoms with Gasteiger partial charge in [0.25, 0.3) is 0 Å². The lowest BCUT2D eigenvalue weighted by Crippen LogP contribution is -2.24. The third kappa shape index (κ3) is 4.45. The van der Waals surface area contributed by atoms with Gasteiger partial charge in [0.05, 0.1) is 10.9 Å². The number of benzene rings is 2. The predicted octanol–water partition coefficient (Wildman–Crippen LogP) is 3.92. The molecule has 1 N–H and O–H groups in total. The summed E-state index contributed by atoms with van der Waals surface area (Å²) in [5.41, 5.74) is 1.47. The zero-order valence-corrected chi connectivity index (χ0v) is 14.4. The molecule has 0 saturated heterocycles. The number of nitrogens with one attached hydrogen (secondary N) is 1. The van der Waals surface area contributed by atoms with Crippen LogP contribution in [0.3, 0.4) is 0 Å². The van der Waals surface area contributed by atoms with E-state index in [0.717, 1.165) is 5.69 Å². The molecule has 0 radical (unpaired) electrons. The van der Waals surface area contributed by atoms with Crippen molar-refractivity contribution in [2.24, 2.45) is 0 Å². The van der Waals surface area contributed by atoms with Gasteiger partial charge in [0.15, 0.2) is 0 Å². The minimum absolute atomic E-state index is 0.157. The van der Waals surface area contributed by atoms with Gasteiger partial charge in [-0.2, -0.15) is 0 Å². The van der Waals surface area contributed by atoms with Crippen LogP contribution in [0.4, 0.5) is 10.1 Å². The van der Waals surface area contributed by atoms with Gasteiger partial charge in [-0.05, 0) is 42.8 Å². The number of anilines is 1. The van der Waals surface area contributed by atoms with Crippen LogP contribution in [0.1, 0.15) is 13.3 Å². The molecular weight excluding hydrogens is 339 g/mol. The molecule has 7 heteroatoms. The first-order chi connectivity index (χ1) is 12.2. The fourth-order valence-electron chi connectivity index (χ4n) is 2.21. The third-order valence-electron chi connectivity index (χ3n) is 3.51. The number of para-hydroxylation sites is 1. The van der Waals surface area contributed by atoms with E-state index in [1.54, 1.807) is 11.0 Å². The Morgan fingerprint density at radius 2 is 1.92 bits per heavy atom. The summed E-state index contributed by atoms with van der Waals surface area (Å²) in [5.74, 6) is -0.495. The minimum Gasteiger partial charge on any atom is -0.325 e. The molecule has 5 nitrogen and oxygen atoms in total. The highest BCUT2D eigenvalue weighted by Crippen LogP contribution is 2.24. The summed E-state index contributed by atoms with van der Waals surface area (Å²) in [5, 5.41) is 7.39. The third-order valence-corrected chi connectivity index (χ3v) is 4.74. The molecule has 128 valence electrons. The topological polar surface area (TPSA) is 59.8 Å². The monoisotopic (exact) mass is 356 g/mol. The van der Waals surface area contributed by atoms with E-state index >= 15 is 0 Å². The van der Waals surface area contributed by atoms with Crippen LogP contribution >= 0.6 is 11.8 Å². The normalized spacial score (nSPS) is 11.9. The highest BCUT2D eigenvalue weighted by Gasteiger charge is 2.20. The van der Waals surface area contributed by atoms with E-state index in [1.165, 1.54) is 36.0 Å². The van der Waals surface area contributed by atoms with Gasteiger partial charge in [-0.25, -0.2) is 14.1 Å². The van der Waals surface area contributed by atoms with Gasteiger partial charge in [0.1, 0.15) is 12.1 Å². The lowest BCUT2D eigenvalue weighted by Gasteiger charge is -2.12. The molecule has 1 heterocycles. The summed E-state index contributed by atoms with van der Waals surface area (Å²) < 4.78 is 14.6. The van der Waals surface area contributed by atoms with Crippen LogP contribution in [0.2, 0.25) is 0 Å². The van der Waals surface area contributed by atoms with Crippen molar-refractivity contribution in [2.45, 2.75) is 23.8 Å². The zero-order chi connectivity index (χ0) is 17.6. The van der Waals surface area contributed by atoms with Gasteiger partial charge >= 0.3 is 0 Å². The molecule has 0 bridgehead atoms. The standard InChI is InChI=1S/C18H17FN4OS/c1-2-16(17(24)21-14-10-8-13(19)9-11-14)25-18-20-12-23(22-18)15-6-4-3-5-7-15/h3-12,16H,2H2,1H3,(H,21,24). The van der Waals surface area contributed by atoms with E-state index in [9.17, 15) is 9.18 Å². The summed E-state index contributed by atoms with van der Waals surface area (Å²) in [6, 6.07) is 15.3. The number of hydrogen-bond acceptors (Lipinski definition) is 4. The molecule has 1 aromatic heterocycles. The lowest BCUT2D eigenvalue weighted by atomic mass is 10.2. The van der Waals surface area contributed by atoms with Gasteiger partial charge in [-0.15, -0.1) is 5.10 Å². The van der Waals surface area contributed by atoms with Crippen molar-refractivity contribution in [2.75, 3.05) is 5.32 Å². The van der Waals surface area contributed by atoms with E-state index in [4.69, 9.17) is 0 Å². The van der Waals surface area contributed by atoms with Crippen LogP contribution in [-0.4, -0.2) is 25.9 Å². The Kier molecular flexibility index (Phi) is 5.45. The molecule has 3 aromatic rings. The molecule has 0 fully saturated rings. The second-order valence-corrected chi connectivity index (χ2v) is 6.49. The van der Waals surface area contributed by atoms with Crippen LogP contribution in [0.5, 0.6) is 0 Å². The average molecular weight is 356 g/mol. The molecule has 0 aliphatic carbocycles. The molecule has 1 atom stereocenters. The van der Waals surface area contributed by atoms with Crippen molar-refractivity contribution in [1.29, 1.82) is 0 Å². The van der Waals surface area contributed by atoms with Crippen molar-refractivity contribution >= 4 is 23.4 Å². The second kappa shape index (κ2) is 7.94. The molecule has 0 saturated carbocycles. The van der Waals surface area contributed by atoms with Crippen molar-refractivity contribution in [3.63, 3.8) is 0 Å². The van der Waals surface area contributed by atoms with E-state index in [-0.39, 0.29) is 17.0 Å². The summed E-state index contributed by atoms with van der Waals surface area (Å²) in [4.78, 5) is 16.7. The maximum atomic E-state index is 12.9. The van der Waals surface area contributed by atoms with Crippen LogP contribution in [0, 0.1) is 5.82 Å². The Labute approximate surface area is 149 Å². The summed E-state index contributed by atoms with van der Waals surface area (Å²) in [6.45, 7) is 1.93. The van der Waals surface area contributed by atoms with E-state index in [2.05, 4.69) is 15.4 Å². The molecule has 1 unspecified atom stereocenters. The molecule has 0 spiro atoms. The Balaban J connectivity index is 1.66. The molecular formula is C18H17FN4OS. The van der Waals surface area contributed by atoms with Crippen molar-refractivity contribution in [3.05, 3.63) is 66.7 Å². The molecule has 1 amide bonds. The summed E-state index contributed by atoms with van der Waals surface area (Å²) in [6.07, 6.45) is 2.25. The zero-order valence-electron chi connectivity index (χ0n) is 13.6. The van der Waals surface area contributed by atoms with Gasteiger partial charge in [0, 0.05) is 5.69 Å². The largest absolute Gasteiger partial charge is 0.325 e. The number of rotatable bonds is 6. The highest BCUT2D eigenvalue weighted by molar-refractivity contribution is 8.00. The maximum absolute atomic E-state index is 12.9. The smallest absolute Gasteiger partial charge is 0.237 e. The second-order valence-electron chi connectivity index (χ2n) is 5.32. The Hall–Kier alpha value is -2.67. The highest BCUT2D eigenvalue weighted by atomic mass is 32.2. The minimum atomic E-state index is -0.338. The number of aromatic nitrogens is 3. The molecule has 0 aliphatic heterocycles. The van der Waals surface area contributed by atoms with E-state index in [0.29, 0.717) is 17.3 Å². The van der Waals surface area contributed by atoms with Crippen LogP contribution in [-0.2, 0) is 4.79 Å². The average Bonchev–Trinajstić information content (AvgIpc) is 3.11. The fraction of sp³-hybridized carbons (Fsp3) is 0.167. The van der Waals surface area contributed by atoms with Crippen molar-refractivity contribution in [3.8, 4) is 5.69 Å². The molecule has 3 rings (SSSR count). The quantitative estimate of drug-likeness (QED) is 0.680. The summed E-state index contributed by atoms with van der Waals surface area (Å²) >= 11 is 1.31. The van der Waals surface area contributed by atoms with Gasteiger partial charge < -0.3 is 5.32 Å². The number of nitrogens with zero attached hydrogens (tertiary/aromatic N) is 3. The first-order valence-corrected chi connectivity index (χ1v) is 8.74. The molecule has 25 heavy (non-hydrogen) atoms. The maximum Gasteiger partial charge on any atom is 0.237 e. The van der Waals surface area contributed by atoms with Crippen LogP contribution in [0.25, 0.3) is 5.69 Å². The number of carbonyl (C=O) groups is 1. The van der Waals surface area contributed by atoms with Crippen LogP contribution < -0.4 is 5.32 Å². The van der Waals surface area contributed by atoms with E-state index < -0.39 is 0 Å². The summed E-state index contributed by atoms with van der Waals surface area (Å²) in [7, 11) is 0. The SMILES string of the molecule is CCC(Sc1ncn(-c2ccccc2)n1)C(=O)Nc1ccc(F)cc1. The number of amides is 1. The van der Waals surface area contributed by atoms with Crippen molar-refractivity contribution < 1.29 is 9.18 Å². The van der Waals surface area contributed by atoms with Crippen LogP contribution in [0.15, 0.2) is 66.1 Å². The number of hydrogen-bond donors (Lipinski definition) is 1. The fourth-order valence-corrected chi connectivity index (χ4v) is 3.04. The first-order valence-electron chi connectivity index (χ1n) is 7.86. The Morgan fingerprint density at radius 1 is 1.20 bits per heavy atom. The number of halogens is 1. The van der Waals surface area contributed by atoms with Gasteiger partial charge in [-0.1, -0.05) is 36.9 Å². The van der Waals surface area contributed by atoms with E-state index in [1.807, 2.05) is 37.3 Å². The molecule has 2 aromatic carbocycles. The van der Waals surface area contributed by atoms with Gasteiger partial charge in [0.2, 0.25) is 11.1 Å². The number of carbonyl (C=O) groups excluding carboxylic acids is 1.